The van der Waals surface area contributed by atoms with Crippen molar-refractivity contribution in [3.8, 4) is 0 Å². The summed E-state index contributed by atoms with van der Waals surface area (Å²) in [6, 6.07) is 8.99. The molecule has 0 saturated carbocycles. The number of sulfonamides is 1. The number of hydrogen-bond acceptors (Lipinski definition) is 19. The minimum Gasteiger partial charge on any atom is -0.480 e. The predicted octanol–water partition coefficient (Wildman–Crippen LogP) is 4.93. The Balaban J connectivity index is 1.47. The minimum absolute atomic E-state index is 0.00479. The molecule has 0 radical (unpaired) electrons. The van der Waals surface area contributed by atoms with Gasteiger partial charge in [-0.1, -0.05) is 140 Å². The molecule has 12 amide bonds. The Morgan fingerprint density at radius 2 is 1.20 bits per heavy atom. The van der Waals surface area contributed by atoms with Crippen molar-refractivity contribution in [3.05, 3.63) is 101 Å². The van der Waals surface area contributed by atoms with Crippen LogP contribution in [0.3, 0.4) is 0 Å². The van der Waals surface area contributed by atoms with E-state index in [4.69, 9.17) is 26.8 Å². The summed E-state index contributed by atoms with van der Waals surface area (Å²) in [4.78, 5) is 187. The van der Waals surface area contributed by atoms with Crippen LogP contribution in [0.2, 0.25) is 5.02 Å². The highest BCUT2D eigenvalue weighted by Gasteiger charge is 2.47. The summed E-state index contributed by atoms with van der Waals surface area (Å²) in [6.07, 6.45) is -1.40. The first-order valence-electron chi connectivity index (χ1n) is 37.1. The number of aryl methyl sites for hydroxylation is 1. The monoisotopic (exact) mass is 1590 g/mol. The van der Waals surface area contributed by atoms with E-state index in [0.29, 0.717) is 29.0 Å². The van der Waals surface area contributed by atoms with Crippen LogP contribution >= 0.6 is 23.4 Å². The van der Waals surface area contributed by atoms with E-state index in [1.807, 2.05) is 0 Å². The second-order valence-electron chi connectivity index (χ2n) is 28.7. The van der Waals surface area contributed by atoms with Crippen molar-refractivity contribution < 1.29 is 85.3 Å². The van der Waals surface area contributed by atoms with E-state index in [0.717, 1.165) is 22.2 Å². The fraction of sp³-hybridized carbons (Fsp3) is 0.573. The lowest BCUT2D eigenvalue weighted by molar-refractivity contribution is -0.144. The van der Waals surface area contributed by atoms with Crippen molar-refractivity contribution in [1.29, 1.82) is 0 Å². The number of nitrogens with two attached hydrogens (primary N) is 1. The van der Waals surface area contributed by atoms with Crippen LogP contribution in [0.5, 0.6) is 0 Å². The third-order valence-electron chi connectivity index (χ3n) is 18.1. The second-order valence-corrected chi connectivity index (χ2v) is 31.8. The van der Waals surface area contributed by atoms with Crippen LogP contribution < -0.4 is 58.3 Å². The number of imide groups is 1. The molecule has 0 aliphatic carbocycles. The van der Waals surface area contributed by atoms with Gasteiger partial charge in [0, 0.05) is 49.3 Å². The molecule has 0 unspecified atom stereocenters. The molecule has 606 valence electrons. The molecule has 2 heterocycles. The Labute approximate surface area is 652 Å². The molecule has 0 aromatic heterocycles. The number of aliphatic carboxylic acids is 1. The molecular formula is C75H109ClN14O18S2. The molecular weight excluding hydrogens is 1480 g/mol. The van der Waals surface area contributed by atoms with Crippen molar-refractivity contribution in [2.75, 3.05) is 31.3 Å². The summed E-state index contributed by atoms with van der Waals surface area (Å²) in [5, 5.41) is 34.6. The molecule has 2 saturated heterocycles. The van der Waals surface area contributed by atoms with Crippen LogP contribution in [-0.2, 0) is 85.5 Å². The lowest BCUT2D eigenvalue weighted by atomic mass is 9.96. The van der Waals surface area contributed by atoms with E-state index < -0.39 is 154 Å². The van der Waals surface area contributed by atoms with Gasteiger partial charge >= 0.3 is 18.2 Å². The van der Waals surface area contributed by atoms with Gasteiger partial charge in [0.15, 0.2) is 0 Å². The lowest BCUT2D eigenvalue weighted by Gasteiger charge is -2.31. The van der Waals surface area contributed by atoms with Gasteiger partial charge in [0.2, 0.25) is 65.0 Å². The molecule has 13 N–H and O–H groups in total. The topological polar surface area (TPSA) is 460 Å². The zero-order chi connectivity index (χ0) is 81.4. The van der Waals surface area contributed by atoms with Gasteiger partial charge in [0.25, 0.3) is 10.0 Å². The van der Waals surface area contributed by atoms with Gasteiger partial charge in [-0.3, -0.25) is 52.9 Å². The molecule has 2 aliphatic rings. The number of nitrogens with zero attached hydrogens (tertiary/aromatic N) is 3. The van der Waals surface area contributed by atoms with Gasteiger partial charge in [0.05, 0.1) is 10.8 Å². The molecule has 3 aromatic carbocycles. The number of guanidine groups is 1. The number of thioether (sulfide) groups is 1. The lowest BCUT2D eigenvalue weighted by Crippen LogP contribution is -2.61. The number of halogens is 1. The first-order valence-corrected chi connectivity index (χ1v) is 40.1. The molecule has 2 aliphatic heterocycles. The number of carbonyl (C=O) groups excluding carboxylic acids is 12. The maximum Gasteiger partial charge on any atom is 0.417 e. The van der Waals surface area contributed by atoms with Crippen molar-refractivity contribution in [2.45, 2.75) is 225 Å². The molecule has 3 aromatic rings. The standard InChI is InChI=1S/C75H109ClN14O18S2/c1-11-48(9)63(70(99)85-58(72(101)102)39-46(6)7)87-68(97)59(42-109-43-80-49(10)91)86-67(96)56(37-44(2)3)83-65(94)54(25-17-18-34-79-74(103)107-41-51-23-15-16-24-53(51)76)81-64(93)55(26-19-35-78-73(77)88-110(105,106)52-30-28-47(8)29-31-52)82-66(95)57(38-45(4)5)84-69(98)60-27-20-36-89(60)71(100)61-32-33-62(92)90(61)75(104)108-40-50-21-13-12-14-22-50/h12-16,21-24,28-31,44-46,48,54-61,63H,11,17-20,25-27,32-43H2,1-10H3,(H,79,103)(H,80,91)(H,81,93)(H,82,95)(H,83,94)(H,84,98)(H,85,99)(H,86,96)(H,87,97)(H,101,102)(H3,77,78,88)/t48-,54-,55-,56-,57-,58-,59-,60-,61-,63-/m0/s1. The Bertz CT molecular complexity index is 3800. The van der Waals surface area contributed by atoms with E-state index in [1.165, 1.54) is 24.0 Å². The van der Waals surface area contributed by atoms with Gasteiger partial charge < -0.3 is 73.1 Å². The molecule has 10 atom stereocenters. The fourth-order valence-electron chi connectivity index (χ4n) is 12.1. The number of likely N-dealkylation sites (tertiary alicyclic amines) is 2. The number of ether oxygens (including phenoxy) is 2. The van der Waals surface area contributed by atoms with Crippen LogP contribution in [0.4, 0.5) is 9.59 Å². The van der Waals surface area contributed by atoms with Crippen LogP contribution in [0.15, 0.2) is 88.8 Å². The van der Waals surface area contributed by atoms with Gasteiger partial charge in [0.1, 0.15) is 67.6 Å². The number of carboxylic acids is 1. The van der Waals surface area contributed by atoms with Crippen molar-refractivity contribution in [2.24, 2.45) is 34.4 Å². The summed E-state index contributed by atoms with van der Waals surface area (Å²) in [6.45, 7) is 16.6. The van der Waals surface area contributed by atoms with Crippen molar-refractivity contribution >= 4 is 117 Å². The highest BCUT2D eigenvalue weighted by atomic mass is 35.5. The van der Waals surface area contributed by atoms with E-state index in [2.05, 4.69) is 57.6 Å². The number of amides is 12. The SMILES string of the molecule is CC[C@H](C)[C@H](NC(=O)[C@H](CSCNC(C)=O)NC(=O)[C@H](CC(C)C)NC(=O)[C@H](CCCCNC(=O)OCc1ccccc1Cl)NC(=O)[C@H](CCCN=C(N)NS(=O)(=O)c1ccc(C)cc1)NC(=O)[C@H](CC(C)C)NC(=O)[C@@H]1CCCN1C(=O)[C@@H]1CCC(=O)N1C(=O)OCc1ccccc1)C(=O)N[C@@H](CC(C)C)C(=O)O. The van der Waals surface area contributed by atoms with Crippen LogP contribution in [-0.4, -0.2) is 192 Å². The number of rotatable bonds is 43. The maximum atomic E-state index is 15.2. The number of unbranched alkanes of at least 4 members (excludes halogenated alkanes) is 1. The van der Waals surface area contributed by atoms with E-state index >= 15 is 9.59 Å². The quantitative estimate of drug-likeness (QED) is 0.0155. The number of nitrogens with one attached hydrogen (secondary N) is 10. The summed E-state index contributed by atoms with van der Waals surface area (Å²) < 4.78 is 39.6. The van der Waals surface area contributed by atoms with Crippen LogP contribution in [0.1, 0.15) is 162 Å². The van der Waals surface area contributed by atoms with Crippen molar-refractivity contribution in [1.82, 2.24) is 62.4 Å². The zero-order valence-electron chi connectivity index (χ0n) is 64.2. The largest absolute Gasteiger partial charge is 0.480 e. The smallest absolute Gasteiger partial charge is 0.417 e. The summed E-state index contributed by atoms with van der Waals surface area (Å²) in [7, 11) is -4.21. The fourth-order valence-corrected chi connectivity index (χ4v) is 14.1. The average Bonchev–Trinajstić information content (AvgIpc) is 1.64. The predicted molar refractivity (Wildman–Crippen MR) is 412 cm³/mol. The Morgan fingerprint density at radius 1 is 0.645 bits per heavy atom. The number of hydrogen-bond donors (Lipinski definition) is 12. The number of carbonyl (C=O) groups is 13. The van der Waals surface area contributed by atoms with Crippen LogP contribution in [0.25, 0.3) is 0 Å². The van der Waals surface area contributed by atoms with Gasteiger partial charge in [-0.25, -0.2) is 32.4 Å². The summed E-state index contributed by atoms with van der Waals surface area (Å²) in [5.41, 5.74) is 8.09. The first-order chi connectivity index (χ1) is 52.1. The number of alkyl carbamates (subject to hydrolysis) is 1. The molecule has 110 heavy (non-hydrogen) atoms. The molecule has 35 heteroatoms. The first kappa shape index (κ1) is 91.0. The van der Waals surface area contributed by atoms with E-state index in [-0.39, 0.29) is 138 Å². The van der Waals surface area contributed by atoms with Gasteiger partial charge in [-0.05, 0) is 125 Å². The van der Waals surface area contributed by atoms with E-state index in [1.54, 1.807) is 129 Å². The number of aliphatic imine (C=N–C) groups is 1. The Kier molecular flexibility index (Phi) is 37.7. The third-order valence-corrected chi connectivity index (χ3v) is 20.8. The molecule has 0 bridgehead atoms. The average molecular weight is 1590 g/mol. The number of benzene rings is 3. The van der Waals surface area contributed by atoms with Gasteiger partial charge in [-0.2, -0.15) is 0 Å². The summed E-state index contributed by atoms with van der Waals surface area (Å²) in [5.74, 6) is -11.0. The normalized spacial score (nSPS) is 16.6. The highest BCUT2D eigenvalue weighted by Crippen LogP contribution is 2.28. The Hall–Kier alpha value is -9.57. The zero-order valence-corrected chi connectivity index (χ0v) is 66.5. The molecule has 2 fully saturated rings. The minimum atomic E-state index is -4.21. The third kappa shape index (κ3) is 30.4. The summed E-state index contributed by atoms with van der Waals surface area (Å²) >= 11 is 7.32. The van der Waals surface area contributed by atoms with E-state index in [9.17, 15) is 66.3 Å². The second kappa shape index (κ2) is 45.5. The maximum absolute atomic E-state index is 15.2. The van der Waals surface area contributed by atoms with Crippen LogP contribution in [0, 0.1) is 30.6 Å². The molecule has 0 spiro atoms. The Morgan fingerprint density at radius 3 is 1.80 bits per heavy atom. The highest BCUT2D eigenvalue weighted by molar-refractivity contribution is 7.99. The molecule has 32 nitrogen and oxygen atoms in total. The van der Waals surface area contributed by atoms with Crippen molar-refractivity contribution in [3.63, 3.8) is 0 Å². The van der Waals surface area contributed by atoms with Gasteiger partial charge in [-0.15, -0.1) is 11.8 Å². The number of carboxylic acid groups (broad SMARTS) is 1. The molecule has 5 rings (SSSR count).